The topological polar surface area (TPSA) is 161 Å². The van der Waals surface area contributed by atoms with Crippen LogP contribution >= 0.6 is 63.1 Å². The summed E-state index contributed by atoms with van der Waals surface area (Å²) < 4.78 is 31.4. The molecule has 17 heteroatoms. The molecule has 0 aromatic carbocycles. The van der Waals surface area contributed by atoms with Gasteiger partial charge in [0.25, 0.3) is 0 Å². The molecule has 0 fully saturated rings. The Morgan fingerprint density at radius 3 is 0.946 bits per heavy atom. The van der Waals surface area contributed by atoms with Crippen LogP contribution in [0.3, 0.4) is 0 Å². The van der Waals surface area contributed by atoms with Crippen LogP contribution < -0.4 is 0 Å². The quantitative estimate of drug-likeness (QED) is 0.0577. The summed E-state index contributed by atoms with van der Waals surface area (Å²) in [5.74, 6) is -4.67. The average molecular weight is 625 g/mol. The van der Waals surface area contributed by atoms with E-state index in [-0.39, 0.29) is 42.0 Å². The van der Waals surface area contributed by atoms with Crippen LogP contribution in [0.25, 0.3) is 0 Å². The summed E-state index contributed by atoms with van der Waals surface area (Å²) >= 11 is 19.2. The molecule has 0 aliphatic carbocycles. The standard InChI is InChI=1S/C20H32O12S5/c21-6-19(9-28-14(22)1-33,10-29-15(23)2-34)7-27-8-20(11-30-16(24)3-35,12-31-17(25)4-36)13-32-18(26)5-37/h21,33-37H,1-13H2. The first-order chi connectivity index (χ1) is 17.5. The Balaban J connectivity index is 5.84. The average Bonchev–Trinajstić information content (AvgIpc) is 2.93. The molecule has 214 valence electrons. The number of rotatable bonds is 20. The minimum absolute atomic E-state index is 0.231. The van der Waals surface area contributed by atoms with Crippen molar-refractivity contribution in [3.8, 4) is 0 Å². The fourth-order valence-corrected chi connectivity index (χ4v) is 2.85. The second-order valence-corrected chi connectivity index (χ2v) is 9.33. The maximum atomic E-state index is 11.8. The number of ether oxygens (including phenoxy) is 6. The highest BCUT2D eigenvalue weighted by Crippen LogP contribution is 2.25. The second-order valence-electron chi connectivity index (χ2n) is 7.74. The smallest absolute Gasteiger partial charge is 0.315 e. The van der Waals surface area contributed by atoms with E-state index in [2.05, 4.69) is 63.1 Å². The van der Waals surface area contributed by atoms with Gasteiger partial charge in [-0.15, -0.1) is 0 Å². The Hall–Kier alpha value is -0.980. The zero-order chi connectivity index (χ0) is 28.3. The number of hydrogen-bond donors (Lipinski definition) is 6. The fourth-order valence-electron chi connectivity index (χ4n) is 2.39. The van der Waals surface area contributed by atoms with Crippen LogP contribution in [-0.2, 0) is 52.4 Å². The van der Waals surface area contributed by atoms with Gasteiger partial charge in [0.15, 0.2) is 0 Å². The van der Waals surface area contributed by atoms with Crippen LogP contribution in [0.1, 0.15) is 0 Å². The Kier molecular flexibility index (Phi) is 19.5. The molecule has 0 unspecified atom stereocenters. The molecule has 0 aliphatic heterocycles. The van der Waals surface area contributed by atoms with Crippen LogP contribution in [-0.4, -0.2) is 117 Å². The molecule has 0 atom stereocenters. The highest BCUT2D eigenvalue weighted by molar-refractivity contribution is 7.81. The van der Waals surface area contributed by atoms with Gasteiger partial charge in [-0.3, -0.25) is 24.0 Å². The van der Waals surface area contributed by atoms with Crippen LogP contribution in [0.5, 0.6) is 0 Å². The van der Waals surface area contributed by atoms with E-state index >= 15 is 0 Å². The molecule has 0 aromatic rings. The molecule has 37 heavy (non-hydrogen) atoms. The highest BCUT2D eigenvalue weighted by Gasteiger charge is 2.39. The second kappa shape index (κ2) is 20.0. The number of aliphatic hydroxyl groups is 1. The number of esters is 5. The zero-order valence-corrected chi connectivity index (χ0v) is 24.3. The van der Waals surface area contributed by atoms with E-state index in [4.69, 9.17) is 28.4 Å². The molecule has 12 nitrogen and oxygen atoms in total. The lowest BCUT2D eigenvalue weighted by Gasteiger charge is -2.35. The van der Waals surface area contributed by atoms with E-state index in [0.717, 1.165) is 0 Å². The summed E-state index contributed by atoms with van der Waals surface area (Å²) in [5, 5.41) is 10.1. The third-order valence-electron chi connectivity index (χ3n) is 4.49. The lowest BCUT2D eigenvalue weighted by atomic mass is 9.90. The van der Waals surface area contributed by atoms with Gasteiger partial charge in [-0.1, -0.05) is 0 Å². The van der Waals surface area contributed by atoms with Crippen molar-refractivity contribution in [2.45, 2.75) is 0 Å². The van der Waals surface area contributed by atoms with E-state index in [9.17, 15) is 29.1 Å². The summed E-state index contributed by atoms with van der Waals surface area (Å²) in [7, 11) is 0. The normalized spacial score (nSPS) is 11.4. The van der Waals surface area contributed by atoms with E-state index in [1.165, 1.54) is 0 Å². The van der Waals surface area contributed by atoms with Crippen molar-refractivity contribution in [2.75, 3.05) is 81.6 Å². The molecule has 0 amide bonds. The van der Waals surface area contributed by atoms with Gasteiger partial charge in [0, 0.05) is 0 Å². The lowest BCUT2D eigenvalue weighted by molar-refractivity contribution is -0.169. The van der Waals surface area contributed by atoms with Crippen LogP contribution in [0.2, 0.25) is 0 Å². The number of aliphatic hydroxyl groups excluding tert-OH is 1. The molecule has 0 heterocycles. The largest absolute Gasteiger partial charge is 0.464 e. The van der Waals surface area contributed by atoms with Crippen molar-refractivity contribution >= 4 is 93.0 Å². The van der Waals surface area contributed by atoms with Gasteiger partial charge in [0.1, 0.15) is 33.0 Å². The Morgan fingerprint density at radius 1 is 0.459 bits per heavy atom. The van der Waals surface area contributed by atoms with Gasteiger partial charge in [-0.05, 0) is 0 Å². The van der Waals surface area contributed by atoms with Crippen LogP contribution in [0, 0.1) is 10.8 Å². The van der Waals surface area contributed by atoms with Gasteiger partial charge in [0.05, 0.1) is 59.4 Å². The minimum atomic E-state index is -1.39. The molecule has 0 aliphatic rings. The van der Waals surface area contributed by atoms with Crippen LogP contribution in [0.4, 0.5) is 0 Å². The van der Waals surface area contributed by atoms with Crippen molar-refractivity contribution in [1.29, 1.82) is 0 Å². The van der Waals surface area contributed by atoms with Crippen molar-refractivity contribution in [3.63, 3.8) is 0 Å². The Bertz CT molecular complexity index is 681. The predicted octanol–water partition coefficient (Wildman–Crippen LogP) is -0.667. The number of carbonyl (C=O) groups excluding carboxylic acids is 5. The minimum Gasteiger partial charge on any atom is -0.464 e. The lowest BCUT2D eigenvalue weighted by Crippen LogP contribution is -2.47. The van der Waals surface area contributed by atoms with Crippen molar-refractivity contribution in [2.24, 2.45) is 10.8 Å². The molecule has 0 radical (unpaired) electrons. The molecule has 1 N–H and O–H groups in total. The summed E-state index contributed by atoms with van der Waals surface area (Å²) in [4.78, 5) is 58.5. The molecule has 0 rings (SSSR count). The van der Waals surface area contributed by atoms with Gasteiger partial charge < -0.3 is 33.5 Å². The van der Waals surface area contributed by atoms with Crippen molar-refractivity contribution < 1.29 is 57.5 Å². The third-order valence-corrected chi connectivity index (χ3v) is 5.79. The number of thiol groups is 5. The predicted molar refractivity (Wildman–Crippen MR) is 147 cm³/mol. The van der Waals surface area contributed by atoms with Gasteiger partial charge >= 0.3 is 29.8 Å². The Morgan fingerprint density at radius 2 is 0.703 bits per heavy atom. The monoisotopic (exact) mass is 624 g/mol. The number of carbonyl (C=O) groups is 5. The first kappa shape index (κ1) is 36.0. The summed E-state index contributed by atoms with van der Waals surface area (Å²) in [5.41, 5.74) is -2.78. The van der Waals surface area contributed by atoms with E-state index < -0.39 is 80.3 Å². The third kappa shape index (κ3) is 15.3. The SMILES string of the molecule is O=C(CS)OCC(CO)(COCC(COC(=O)CS)(COC(=O)CS)COC(=O)CS)COC(=O)CS. The molecule has 0 saturated heterocycles. The van der Waals surface area contributed by atoms with E-state index in [0.29, 0.717) is 0 Å². The summed E-state index contributed by atoms with van der Waals surface area (Å²) in [6.07, 6.45) is 0. The zero-order valence-electron chi connectivity index (χ0n) is 19.9. The van der Waals surface area contributed by atoms with Crippen LogP contribution in [0.15, 0.2) is 0 Å². The maximum absolute atomic E-state index is 11.8. The van der Waals surface area contributed by atoms with Gasteiger partial charge in [-0.25, -0.2) is 0 Å². The Labute approximate surface area is 242 Å². The maximum Gasteiger partial charge on any atom is 0.315 e. The number of hydrogen-bond acceptors (Lipinski definition) is 17. The fraction of sp³-hybridized carbons (Fsp3) is 0.750. The molecular weight excluding hydrogens is 593 g/mol. The molecule has 0 spiro atoms. The summed E-state index contributed by atoms with van der Waals surface area (Å²) in [6.45, 7) is -3.30. The highest BCUT2D eigenvalue weighted by atomic mass is 32.1. The van der Waals surface area contributed by atoms with Crippen molar-refractivity contribution in [1.82, 2.24) is 0 Å². The summed E-state index contributed by atoms with van der Waals surface area (Å²) in [6, 6.07) is 0. The molecular formula is C20H32O12S5. The van der Waals surface area contributed by atoms with E-state index in [1.807, 2.05) is 0 Å². The first-order valence-corrected chi connectivity index (χ1v) is 13.7. The first-order valence-electron chi connectivity index (χ1n) is 10.6. The molecule has 0 aromatic heterocycles. The van der Waals surface area contributed by atoms with Gasteiger partial charge in [0.2, 0.25) is 0 Å². The molecule has 0 saturated carbocycles. The van der Waals surface area contributed by atoms with Gasteiger partial charge in [-0.2, -0.15) is 63.1 Å². The van der Waals surface area contributed by atoms with Crippen molar-refractivity contribution in [3.05, 3.63) is 0 Å². The van der Waals surface area contributed by atoms with E-state index in [1.54, 1.807) is 0 Å². The molecule has 0 bridgehead atoms.